The Bertz CT molecular complexity index is 1250. The molecule has 4 aromatic rings. The molecule has 0 aliphatic rings. The number of hydrogen-bond donors (Lipinski definition) is 1. The Morgan fingerprint density at radius 2 is 1.78 bits per heavy atom. The van der Waals surface area contributed by atoms with Crippen molar-refractivity contribution >= 4 is 23.1 Å². The van der Waals surface area contributed by atoms with Gasteiger partial charge in [-0.3, -0.25) is 4.79 Å². The van der Waals surface area contributed by atoms with Gasteiger partial charge in [-0.2, -0.15) is 5.10 Å². The number of amides is 1. The van der Waals surface area contributed by atoms with Crippen LogP contribution >= 0.6 is 11.3 Å². The summed E-state index contributed by atoms with van der Waals surface area (Å²) in [5, 5.41) is 8.27. The molecule has 0 radical (unpaired) electrons. The number of ether oxygens (including phenoxy) is 2. The van der Waals surface area contributed by atoms with Crippen molar-refractivity contribution in [2.45, 2.75) is 20.4 Å². The summed E-state index contributed by atoms with van der Waals surface area (Å²) in [5.74, 6) is 1.70. The van der Waals surface area contributed by atoms with E-state index in [9.17, 15) is 4.79 Å². The number of hydrogen-bond acceptors (Lipinski definition) is 6. The second kappa shape index (κ2) is 9.23. The summed E-state index contributed by atoms with van der Waals surface area (Å²) in [5.41, 5.74) is 3.47. The molecule has 0 saturated heterocycles. The highest BCUT2D eigenvalue weighted by molar-refractivity contribution is 7.17. The lowest BCUT2D eigenvalue weighted by molar-refractivity contribution is 0.102. The molecule has 4 rings (SSSR count). The van der Waals surface area contributed by atoms with Gasteiger partial charge in [0.15, 0.2) is 11.5 Å². The SMILES string of the molecule is COc1ccc(-c2nc(C)c(C(=O)Nc3cc(C)nn3Cc3ccccc3)s2)cc1OC. The number of anilines is 1. The first-order chi connectivity index (χ1) is 15.5. The number of methoxy groups -OCH3 is 2. The zero-order chi connectivity index (χ0) is 22.7. The van der Waals surface area contributed by atoms with Crippen molar-refractivity contribution in [2.24, 2.45) is 0 Å². The maximum absolute atomic E-state index is 13.1. The molecular formula is C24H24N4O3S. The number of rotatable bonds is 7. The quantitative estimate of drug-likeness (QED) is 0.433. The summed E-state index contributed by atoms with van der Waals surface area (Å²) in [6.07, 6.45) is 0. The van der Waals surface area contributed by atoms with Crippen LogP contribution in [0.1, 0.15) is 26.6 Å². The van der Waals surface area contributed by atoms with E-state index < -0.39 is 0 Å². The average Bonchev–Trinajstić information content (AvgIpc) is 3.35. The number of carbonyl (C=O) groups excluding carboxylic acids is 1. The summed E-state index contributed by atoms with van der Waals surface area (Å²) in [7, 11) is 3.19. The van der Waals surface area contributed by atoms with Gasteiger partial charge in [-0.15, -0.1) is 11.3 Å². The lowest BCUT2D eigenvalue weighted by atomic mass is 10.2. The van der Waals surface area contributed by atoms with Crippen LogP contribution in [0.3, 0.4) is 0 Å². The number of benzene rings is 2. The van der Waals surface area contributed by atoms with Crippen molar-refractivity contribution in [3.05, 3.63) is 76.4 Å². The van der Waals surface area contributed by atoms with Gasteiger partial charge in [0.25, 0.3) is 5.91 Å². The van der Waals surface area contributed by atoms with Crippen LogP contribution in [0, 0.1) is 13.8 Å². The van der Waals surface area contributed by atoms with Gasteiger partial charge >= 0.3 is 0 Å². The average molecular weight is 449 g/mol. The summed E-state index contributed by atoms with van der Waals surface area (Å²) < 4.78 is 12.5. The Morgan fingerprint density at radius 3 is 2.50 bits per heavy atom. The molecule has 0 bridgehead atoms. The van der Waals surface area contributed by atoms with Crippen LogP contribution in [-0.4, -0.2) is 34.9 Å². The topological polar surface area (TPSA) is 78.3 Å². The summed E-state index contributed by atoms with van der Waals surface area (Å²) >= 11 is 1.34. The van der Waals surface area contributed by atoms with Gasteiger partial charge in [-0.05, 0) is 37.6 Å². The van der Waals surface area contributed by atoms with E-state index in [-0.39, 0.29) is 5.91 Å². The second-order valence-electron chi connectivity index (χ2n) is 7.27. The molecule has 0 fully saturated rings. The minimum atomic E-state index is -0.207. The zero-order valence-electron chi connectivity index (χ0n) is 18.4. The first kappa shape index (κ1) is 21.6. The Hall–Kier alpha value is -3.65. The molecule has 2 aromatic carbocycles. The molecule has 2 heterocycles. The van der Waals surface area contributed by atoms with Crippen LogP contribution < -0.4 is 14.8 Å². The van der Waals surface area contributed by atoms with E-state index in [4.69, 9.17) is 9.47 Å². The van der Waals surface area contributed by atoms with Crippen LogP contribution in [-0.2, 0) is 6.54 Å². The Labute approximate surface area is 190 Å². The first-order valence-corrected chi connectivity index (χ1v) is 10.9. The Morgan fingerprint density at radius 1 is 1.03 bits per heavy atom. The third-order valence-electron chi connectivity index (χ3n) is 4.95. The molecule has 0 aliphatic carbocycles. The smallest absolute Gasteiger partial charge is 0.268 e. The van der Waals surface area contributed by atoms with Crippen molar-refractivity contribution in [3.63, 3.8) is 0 Å². The van der Waals surface area contributed by atoms with Gasteiger partial charge in [0, 0.05) is 11.6 Å². The predicted octanol–water partition coefficient (Wildman–Crippen LogP) is 4.94. The van der Waals surface area contributed by atoms with Gasteiger partial charge in [0.05, 0.1) is 32.2 Å². The Balaban J connectivity index is 1.57. The molecule has 0 saturated carbocycles. The Kier molecular flexibility index (Phi) is 6.23. The van der Waals surface area contributed by atoms with Crippen molar-refractivity contribution in [1.29, 1.82) is 0 Å². The number of nitrogens with zero attached hydrogens (tertiary/aromatic N) is 3. The van der Waals surface area contributed by atoms with Crippen molar-refractivity contribution < 1.29 is 14.3 Å². The highest BCUT2D eigenvalue weighted by atomic mass is 32.1. The maximum Gasteiger partial charge on any atom is 0.268 e. The van der Waals surface area contributed by atoms with Gasteiger partial charge < -0.3 is 14.8 Å². The third-order valence-corrected chi connectivity index (χ3v) is 6.16. The molecule has 8 heteroatoms. The summed E-state index contributed by atoms with van der Waals surface area (Å²) in [6, 6.07) is 17.5. The molecule has 0 aliphatic heterocycles. The highest BCUT2D eigenvalue weighted by Crippen LogP contribution is 2.35. The molecule has 164 valence electrons. The van der Waals surface area contributed by atoms with Crippen molar-refractivity contribution in [1.82, 2.24) is 14.8 Å². The van der Waals surface area contributed by atoms with Crippen molar-refractivity contribution in [2.75, 3.05) is 19.5 Å². The summed E-state index contributed by atoms with van der Waals surface area (Å²) in [4.78, 5) is 18.3. The van der Waals surface area contributed by atoms with E-state index in [1.807, 2.05) is 68.4 Å². The number of thiazole rings is 1. The van der Waals surface area contributed by atoms with E-state index in [0.29, 0.717) is 34.4 Å². The highest BCUT2D eigenvalue weighted by Gasteiger charge is 2.19. The normalized spacial score (nSPS) is 10.8. The minimum absolute atomic E-state index is 0.207. The fraction of sp³-hybridized carbons (Fsp3) is 0.208. The minimum Gasteiger partial charge on any atom is -0.493 e. The monoisotopic (exact) mass is 448 g/mol. The van der Waals surface area contributed by atoms with Gasteiger partial charge in [0.2, 0.25) is 0 Å². The van der Waals surface area contributed by atoms with Gasteiger partial charge in [-0.1, -0.05) is 30.3 Å². The number of carbonyl (C=O) groups is 1. The second-order valence-corrected chi connectivity index (χ2v) is 8.27. The molecule has 7 nitrogen and oxygen atoms in total. The fourth-order valence-corrected chi connectivity index (χ4v) is 4.35. The largest absolute Gasteiger partial charge is 0.493 e. The lowest BCUT2D eigenvalue weighted by Crippen LogP contribution is -2.16. The van der Waals surface area contributed by atoms with E-state index in [1.54, 1.807) is 18.9 Å². The van der Waals surface area contributed by atoms with Gasteiger partial charge in [-0.25, -0.2) is 9.67 Å². The third kappa shape index (κ3) is 4.50. The molecule has 2 aromatic heterocycles. The molecule has 0 spiro atoms. The van der Waals surface area contributed by atoms with E-state index in [1.165, 1.54) is 11.3 Å². The van der Waals surface area contributed by atoms with Crippen LogP contribution in [0.2, 0.25) is 0 Å². The van der Waals surface area contributed by atoms with Gasteiger partial charge in [0.1, 0.15) is 15.7 Å². The molecule has 0 atom stereocenters. The number of aryl methyl sites for hydroxylation is 2. The molecular weight excluding hydrogens is 424 g/mol. The number of nitrogens with one attached hydrogen (secondary N) is 1. The van der Waals surface area contributed by atoms with Crippen LogP contribution in [0.25, 0.3) is 10.6 Å². The van der Waals surface area contributed by atoms with E-state index >= 15 is 0 Å². The molecule has 1 N–H and O–H groups in total. The standard InChI is InChI=1S/C24H24N4O3S/c1-15-12-21(28(27-15)14-17-8-6-5-7-9-17)26-23(29)22-16(2)25-24(32-22)18-10-11-19(30-3)20(13-18)31-4/h5-13H,14H2,1-4H3,(H,26,29). The fourth-order valence-electron chi connectivity index (χ4n) is 3.40. The van der Waals surface area contributed by atoms with Crippen LogP contribution in [0.15, 0.2) is 54.6 Å². The zero-order valence-corrected chi connectivity index (χ0v) is 19.2. The summed E-state index contributed by atoms with van der Waals surface area (Å²) in [6.45, 7) is 4.31. The molecule has 0 unspecified atom stereocenters. The van der Waals surface area contributed by atoms with Crippen molar-refractivity contribution in [3.8, 4) is 22.1 Å². The van der Waals surface area contributed by atoms with Crippen LogP contribution in [0.4, 0.5) is 5.82 Å². The lowest BCUT2D eigenvalue weighted by Gasteiger charge is -2.09. The van der Waals surface area contributed by atoms with E-state index in [0.717, 1.165) is 21.8 Å². The number of aromatic nitrogens is 3. The molecule has 32 heavy (non-hydrogen) atoms. The molecule has 1 amide bonds. The first-order valence-electron chi connectivity index (χ1n) is 10.1. The maximum atomic E-state index is 13.1. The predicted molar refractivity (Wildman–Crippen MR) is 126 cm³/mol. The van der Waals surface area contributed by atoms with E-state index in [2.05, 4.69) is 15.4 Å². The van der Waals surface area contributed by atoms with Crippen LogP contribution in [0.5, 0.6) is 11.5 Å².